The van der Waals surface area contributed by atoms with Gasteiger partial charge in [0.2, 0.25) is 11.8 Å². The number of piperidine rings is 2. The van der Waals surface area contributed by atoms with E-state index in [1.54, 1.807) is 12.1 Å². The lowest BCUT2D eigenvalue weighted by molar-refractivity contribution is -0.136. The Labute approximate surface area is 159 Å². The summed E-state index contributed by atoms with van der Waals surface area (Å²) in [7, 11) is 0. The van der Waals surface area contributed by atoms with Crippen molar-refractivity contribution in [3.8, 4) is 5.75 Å². The van der Waals surface area contributed by atoms with Gasteiger partial charge in [-0.2, -0.15) is 0 Å². The predicted octanol–water partition coefficient (Wildman–Crippen LogP) is 1.64. The Morgan fingerprint density at radius 2 is 1.81 bits per heavy atom. The van der Waals surface area contributed by atoms with Gasteiger partial charge in [0.15, 0.2) is 0 Å². The van der Waals surface area contributed by atoms with E-state index in [1.165, 1.54) is 12.1 Å². The van der Waals surface area contributed by atoms with E-state index in [0.29, 0.717) is 50.8 Å². The van der Waals surface area contributed by atoms with Crippen LogP contribution >= 0.6 is 0 Å². The van der Waals surface area contributed by atoms with Crippen molar-refractivity contribution in [2.24, 2.45) is 17.6 Å². The first-order valence-electron chi connectivity index (χ1n) is 9.69. The van der Waals surface area contributed by atoms with E-state index in [0.717, 1.165) is 25.9 Å². The summed E-state index contributed by atoms with van der Waals surface area (Å²) >= 11 is 0. The molecule has 2 saturated heterocycles. The van der Waals surface area contributed by atoms with E-state index < -0.39 is 0 Å². The van der Waals surface area contributed by atoms with Crippen LogP contribution in [0.3, 0.4) is 0 Å². The largest absolute Gasteiger partial charge is 0.493 e. The lowest BCUT2D eigenvalue weighted by Crippen LogP contribution is -2.48. The summed E-state index contributed by atoms with van der Waals surface area (Å²) < 4.78 is 18.7. The van der Waals surface area contributed by atoms with Crippen molar-refractivity contribution in [3.05, 3.63) is 30.1 Å². The molecule has 0 radical (unpaired) electrons. The Hall–Kier alpha value is -2.15. The van der Waals surface area contributed by atoms with Crippen LogP contribution < -0.4 is 10.5 Å². The second-order valence-corrected chi connectivity index (χ2v) is 7.57. The Balaban J connectivity index is 1.42. The van der Waals surface area contributed by atoms with Crippen LogP contribution in [0.4, 0.5) is 4.39 Å². The van der Waals surface area contributed by atoms with Gasteiger partial charge >= 0.3 is 0 Å². The van der Waals surface area contributed by atoms with E-state index in [1.807, 2.05) is 4.90 Å². The number of nitrogens with zero attached hydrogens (tertiary/aromatic N) is 2. The van der Waals surface area contributed by atoms with E-state index in [4.69, 9.17) is 10.5 Å². The van der Waals surface area contributed by atoms with Gasteiger partial charge in [0.05, 0.1) is 13.2 Å². The molecule has 27 heavy (non-hydrogen) atoms. The molecule has 3 rings (SSSR count). The molecule has 7 heteroatoms. The summed E-state index contributed by atoms with van der Waals surface area (Å²) in [6.45, 7) is 3.94. The molecular formula is C20H28FN3O3. The molecule has 2 heterocycles. The Kier molecular flexibility index (Phi) is 6.66. The van der Waals surface area contributed by atoms with Crippen molar-refractivity contribution in [1.29, 1.82) is 0 Å². The Bertz CT molecular complexity index is 644. The number of amides is 2. The van der Waals surface area contributed by atoms with Crippen molar-refractivity contribution in [1.82, 2.24) is 9.80 Å². The maximum Gasteiger partial charge on any atom is 0.236 e. The van der Waals surface area contributed by atoms with Gasteiger partial charge in [-0.25, -0.2) is 4.39 Å². The van der Waals surface area contributed by atoms with Gasteiger partial charge in [0, 0.05) is 31.5 Å². The van der Waals surface area contributed by atoms with Crippen LogP contribution in [0.15, 0.2) is 24.3 Å². The molecule has 2 aliphatic rings. The standard InChI is InChI=1S/C20H28FN3O3/c21-17-3-5-18(6-4-17)27-14-15-2-1-9-23(12-15)13-19(25)24-10-7-16(8-11-24)20(22)26/h3-6,15-16H,1-2,7-14H2,(H2,22,26). The number of primary amides is 1. The average Bonchev–Trinajstić information content (AvgIpc) is 2.68. The molecule has 1 aromatic rings. The zero-order chi connectivity index (χ0) is 19.2. The minimum absolute atomic E-state index is 0.1000. The van der Waals surface area contributed by atoms with Gasteiger partial charge in [0.25, 0.3) is 0 Å². The molecular weight excluding hydrogens is 349 g/mol. The quantitative estimate of drug-likeness (QED) is 0.818. The zero-order valence-electron chi connectivity index (χ0n) is 15.6. The molecule has 0 saturated carbocycles. The lowest BCUT2D eigenvalue weighted by Gasteiger charge is -2.35. The van der Waals surface area contributed by atoms with Gasteiger partial charge < -0.3 is 15.4 Å². The molecule has 0 spiro atoms. The molecule has 148 valence electrons. The van der Waals surface area contributed by atoms with E-state index in [-0.39, 0.29) is 23.5 Å². The molecule has 2 N–H and O–H groups in total. The van der Waals surface area contributed by atoms with Crippen molar-refractivity contribution in [2.75, 3.05) is 39.3 Å². The van der Waals surface area contributed by atoms with Gasteiger partial charge in [0.1, 0.15) is 11.6 Å². The Morgan fingerprint density at radius 1 is 1.11 bits per heavy atom. The molecule has 0 aliphatic carbocycles. The van der Waals surface area contributed by atoms with Gasteiger partial charge in [-0.3, -0.25) is 14.5 Å². The minimum atomic E-state index is -0.274. The number of carbonyl (C=O) groups excluding carboxylic acids is 2. The highest BCUT2D eigenvalue weighted by Crippen LogP contribution is 2.20. The number of hydrogen-bond acceptors (Lipinski definition) is 4. The summed E-state index contributed by atoms with van der Waals surface area (Å²) in [6.07, 6.45) is 3.43. The number of nitrogens with two attached hydrogens (primary N) is 1. The minimum Gasteiger partial charge on any atom is -0.493 e. The highest BCUT2D eigenvalue weighted by Gasteiger charge is 2.28. The molecule has 6 nitrogen and oxygen atoms in total. The highest BCUT2D eigenvalue weighted by atomic mass is 19.1. The molecule has 2 fully saturated rings. The third-order valence-corrected chi connectivity index (χ3v) is 5.51. The van der Waals surface area contributed by atoms with Crippen LogP contribution in [0.25, 0.3) is 0 Å². The average molecular weight is 377 g/mol. The SMILES string of the molecule is NC(=O)C1CCN(C(=O)CN2CCCC(COc3ccc(F)cc3)C2)CC1. The number of carbonyl (C=O) groups is 2. The first-order valence-corrected chi connectivity index (χ1v) is 9.69. The van der Waals surface area contributed by atoms with Crippen LogP contribution in [0, 0.1) is 17.7 Å². The number of benzene rings is 1. The van der Waals surface area contributed by atoms with Gasteiger partial charge in [-0.05, 0) is 56.5 Å². The van der Waals surface area contributed by atoms with Crippen LogP contribution in [-0.4, -0.2) is 60.9 Å². The number of likely N-dealkylation sites (tertiary alicyclic amines) is 2. The molecule has 1 atom stereocenters. The predicted molar refractivity (Wildman–Crippen MR) is 99.6 cm³/mol. The zero-order valence-corrected chi connectivity index (χ0v) is 15.6. The molecule has 2 aliphatic heterocycles. The summed E-state index contributed by atoms with van der Waals surface area (Å²) in [5, 5.41) is 0. The van der Waals surface area contributed by atoms with Crippen molar-refractivity contribution in [2.45, 2.75) is 25.7 Å². The Morgan fingerprint density at radius 3 is 2.48 bits per heavy atom. The summed E-state index contributed by atoms with van der Waals surface area (Å²) in [5.74, 6) is 0.515. The monoisotopic (exact) mass is 377 g/mol. The smallest absolute Gasteiger partial charge is 0.236 e. The number of halogens is 1. The van der Waals surface area contributed by atoms with Gasteiger partial charge in [-0.15, -0.1) is 0 Å². The topological polar surface area (TPSA) is 75.9 Å². The van der Waals surface area contributed by atoms with E-state index in [2.05, 4.69) is 4.90 Å². The number of rotatable bonds is 6. The molecule has 1 unspecified atom stereocenters. The lowest BCUT2D eigenvalue weighted by atomic mass is 9.96. The fourth-order valence-electron chi connectivity index (χ4n) is 3.88. The molecule has 2 amide bonds. The van der Waals surface area contributed by atoms with E-state index in [9.17, 15) is 14.0 Å². The summed E-state index contributed by atoms with van der Waals surface area (Å²) in [4.78, 5) is 27.8. The maximum atomic E-state index is 12.9. The third-order valence-electron chi connectivity index (χ3n) is 5.51. The van der Waals surface area contributed by atoms with Crippen LogP contribution in [0.5, 0.6) is 5.75 Å². The first-order chi connectivity index (χ1) is 13.0. The fourth-order valence-corrected chi connectivity index (χ4v) is 3.88. The van der Waals surface area contributed by atoms with Crippen molar-refractivity contribution in [3.63, 3.8) is 0 Å². The highest BCUT2D eigenvalue weighted by molar-refractivity contribution is 5.80. The maximum absolute atomic E-state index is 12.9. The van der Waals surface area contributed by atoms with Crippen LogP contribution in [-0.2, 0) is 9.59 Å². The molecule has 1 aromatic carbocycles. The third kappa shape index (κ3) is 5.66. The molecule has 0 bridgehead atoms. The fraction of sp³-hybridized carbons (Fsp3) is 0.600. The van der Waals surface area contributed by atoms with Crippen molar-refractivity contribution < 1.29 is 18.7 Å². The van der Waals surface area contributed by atoms with E-state index >= 15 is 0 Å². The first kappa shape index (κ1) is 19.6. The number of ether oxygens (including phenoxy) is 1. The normalized spacial score (nSPS) is 21.8. The second kappa shape index (κ2) is 9.17. The summed E-state index contributed by atoms with van der Waals surface area (Å²) in [6, 6.07) is 6.05. The number of hydrogen-bond donors (Lipinski definition) is 1. The summed E-state index contributed by atoms with van der Waals surface area (Å²) in [5.41, 5.74) is 5.35. The molecule has 0 aromatic heterocycles. The van der Waals surface area contributed by atoms with Crippen LogP contribution in [0.1, 0.15) is 25.7 Å². The van der Waals surface area contributed by atoms with Gasteiger partial charge in [-0.1, -0.05) is 0 Å². The van der Waals surface area contributed by atoms with Crippen LogP contribution in [0.2, 0.25) is 0 Å². The van der Waals surface area contributed by atoms with Crippen molar-refractivity contribution >= 4 is 11.8 Å². The second-order valence-electron chi connectivity index (χ2n) is 7.57.